The van der Waals surface area contributed by atoms with Crippen molar-refractivity contribution < 1.29 is 19.2 Å². The van der Waals surface area contributed by atoms with Crippen molar-refractivity contribution in [2.45, 2.75) is 78.2 Å². The van der Waals surface area contributed by atoms with E-state index in [1.807, 2.05) is 54.6 Å². The van der Waals surface area contributed by atoms with Crippen molar-refractivity contribution in [3.05, 3.63) is 77.4 Å². The van der Waals surface area contributed by atoms with E-state index in [0.29, 0.717) is 25.1 Å². The predicted molar refractivity (Wildman–Crippen MR) is 142 cm³/mol. The number of hydroxylamine groups is 2. The normalized spacial score (nSPS) is 11.0. The number of hydrogen-bond donors (Lipinski definition) is 0. The zero-order valence-electron chi connectivity index (χ0n) is 21.4. The predicted octanol–water partition coefficient (Wildman–Crippen LogP) is 7.37. The largest absolute Gasteiger partial charge is 0.466 e. The number of unbranched alkanes of at least 4 members (excludes halogenated alkanes) is 6. The van der Waals surface area contributed by atoms with Gasteiger partial charge in [-0.15, -0.1) is 0 Å². The van der Waals surface area contributed by atoms with E-state index < -0.39 is 0 Å². The maximum absolute atomic E-state index is 13.2. The summed E-state index contributed by atoms with van der Waals surface area (Å²) in [6.07, 6.45) is 13.9. The van der Waals surface area contributed by atoms with Crippen LogP contribution in [-0.4, -0.2) is 30.1 Å². The van der Waals surface area contributed by atoms with Crippen LogP contribution in [0.4, 0.5) is 0 Å². The molecule has 190 valence electrons. The molecule has 2 aromatic carbocycles. The molecular formula is C30H41NO4. The molecule has 0 aliphatic heterocycles. The highest BCUT2D eigenvalue weighted by molar-refractivity contribution is 5.93. The molecule has 0 aliphatic rings. The molecule has 0 radical (unpaired) electrons. The van der Waals surface area contributed by atoms with Gasteiger partial charge < -0.3 is 4.74 Å². The molecule has 1 amide bonds. The Morgan fingerprint density at radius 2 is 1.57 bits per heavy atom. The third-order valence-corrected chi connectivity index (χ3v) is 5.70. The monoisotopic (exact) mass is 479 g/mol. The first kappa shape index (κ1) is 28.3. The molecule has 5 heteroatoms. The Hall–Kier alpha value is -2.92. The van der Waals surface area contributed by atoms with Gasteiger partial charge in [-0.1, -0.05) is 93.6 Å². The summed E-state index contributed by atoms with van der Waals surface area (Å²) in [6.45, 7) is 4.97. The molecule has 0 spiro atoms. The summed E-state index contributed by atoms with van der Waals surface area (Å²) in [7, 11) is 0. The minimum absolute atomic E-state index is 0.215. The van der Waals surface area contributed by atoms with Crippen LogP contribution in [0.25, 0.3) is 6.08 Å². The molecule has 0 fully saturated rings. The fraction of sp³-hybridized carbons (Fsp3) is 0.467. The van der Waals surface area contributed by atoms with Gasteiger partial charge in [0.15, 0.2) is 0 Å². The molecule has 0 atom stereocenters. The smallest absolute Gasteiger partial charge is 0.305 e. The van der Waals surface area contributed by atoms with E-state index in [0.717, 1.165) is 17.5 Å². The molecule has 0 saturated carbocycles. The van der Waals surface area contributed by atoms with Gasteiger partial charge in [0.05, 0.1) is 6.61 Å². The molecule has 35 heavy (non-hydrogen) atoms. The topological polar surface area (TPSA) is 55.8 Å². The van der Waals surface area contributed by atoms with Gasteiger partial charge in [0.25, 0.3) is 5.91 Å². The molecule has 0 aromatic heterocycles. The summed E-state index contributed by atoms with van der Waals surface area (Å²) < 4.78 is 4.99. The number of benzene rings is 2. The van der Waals surface area contributed by atoms with E-state index in [1.54, 1.807) is 6.92 Å². The number of esters is 1. The van der Waals surface area contributed by atoms with Crippen LogP contribution in [-0.2, 0) is 21.0 Å². The van der Waals surface area contributed by atoms with Gasteiger partial charge in [0.1, 0.15) is 6.61 Å². The number of carbonyl (C=O) groups excluding carboxylic acids is 2. The molecule has 5 nitrogen and oxygen atoms in total. The van der Waals surface area contributed by atoms with Crippen LogP contribution in [0.15, 0.2) is 60.7 Å². The van der Waals surface area contributed by atoms with Crippen LogP contribution in [0.1, 0.15) is 93.1 Å². The van der Waals surface area contributed by atoms with Crippen LogP contribution < -0.4 is 0 Å². The van der Waals surface area contributed by atoms with Crippen molar-refractivity contribution in [2.75, 3.05) is 13.2 Å². The van der Waals surface area contributed by atoms with Crippen LogP contribution in [0.3, 0.4) is 0 Å². The van der Waals surface area contributed by atoms with Crippen molar-refractivity contribution >= 4 is 18.0 Å². The fourth-order valence-electron chi connectivity index (χ4n) is 3.69. The first-order valence-electron chi connectivity index (χ1n) is 13.0. The molecule has 2 aromatic rings. The average Bonchev–Trinajstić information content (AvgIpc) is 2.88. The third kappa shape index (κ3) is 11.9. The Balaban J connectivity index is 1.90. The lowest BCUT2D eigenvalue weighted by Crippen LogP contribution is -2.32. The summed E-state index contributed by atoms with van der Waals surface area (Å²) in [6, 6.07) is 17.3. The second kappa shape index (κ2) is 17.5. The molecule has 2 rings (SSSR count). The highest BCUT2D eigenvalue weighted by atomic mass is 16.7. The summed E-state index contributed by atoms with van der Waals surface area (Å²) in [4.78, 5) is 30.7. The molecule has 0 heterocycles. The summed E-state index contributed by atoms with van der Waals surface area (Å²) in [5.41, 5.74) is 2.61. The molecule has 0 N–H and O–H groups in total. The van der Waals surface area contributed by atoms with Gasteiger partial charge in [-0.2, -0.15) is 0 Å². The number of hydrogen-bond acceptors (Lipinski definition) is 4. The maximum atomic E-state index is 13.2. The highest BCUT2D eigenvalue weighted by Gasteiger charge is 2.17. The maximum Gasteiger partial charge on any atom is 0.305 e. The molecule has 0 saturated heterocycles. The number of nitrogens with zero attached hydrogens (tertiary/aromatic N) is 1. The number of allylic oxidation sites excluding steroid dienone is 1. The molecule has 0 bridgehead atoms. The highest BCUT2D eigenvalue weighted by Crippen LogP contribution is 2.14. The zero-order chi connectivity index (χ0) is 25.1. The van der Waals surface area contributed by atoms with Gasteiger partial charge in [-0.3, -0.25) is 14.4 Å². The van der Waals surface area contributed by atoms with Crippen LogP contribution in [0.2, 0.25) is 0 Å². The Kier molecular flexibility index (Phi) is 14.2. The molecule has 0 unspecified atom stereocenters. The Morgan fingerprint density at radius 1 is 0.857 bits per heavy atom. The van der Waals surface area contributed by atoms with E-state index in [-0.39, 0.29) is 24.9 Å². The Bertz CT molecular complexity index is 877. The van der Waals surface area contributed by atoms with Crippen molar-refractivity contribution in [1.82, 2.24) is 5.06 Å². The van der Waals surface area contributed by atoms with Gasteiger partial charge in [0, 0.05) is 18.5 Å². The number of rotatable bonds is 17. The van der Waals surface area contributed by atoms with Crippen molar-refractivity contribution in [3.8, 4) is 0 Å². The lowest BCUT2D eigenvalue weighted by Gasteiger charge is -2.22. The fourth-order valence-corrected chi connectivity index (χ4v) is 3.69. The Labute approximate surface area is 211 Å². The van der Waals surface area contributed by atoms with Gasteiger partial charge >= 0.3 is 5.97 Å². The second-order valence-electron chi connectivity index (χ2n) is 8.66. The minimum atomic E-state index is -0.264. The van der Waals surface area contributed by atoms with E-state index in [4.69, 9.17) is 9.57 Å². The lowest BCUT2D eigenvalue weighted by atomic mass is 10.1. The van der Waals surface area contributed by atoms with E-state index in [2.05, 4.69) is 19.1 Å². The van der Waals surface area contributed by atoms with Gasteiger partial charge in [-0.25, -0.2) is 5.06 Å². The van der Waals surface area contributed by atoms with Crippen molar-refractivity contribution in [3.63, 3.8) is 0 Å². The Morgan fingerprint density at radius 3 is 2.29 bits per heavy atom. The van der Waals surface area contributed by atoms with E-state index in [9.17, 15) is 9.59 Å². The van der Waals surface area contributed by atoms with Crippen LogP contribution >= 0.6 is 0 Å². The second-order valence-corrected chi connectivity index (χ2v) is 8.66. The number of carbonyl (C=O) groups is 2. The van der Waals surface area contributed by atoms with Crippen molar-refractivity contribution in [1.29, 1.82) is 0 Å². The minimum Gasteiger partial charge on any atom is -0.466 e. The standard InChI is InChI=1S/C30H41NO4/c1-3-5-6-7-8-9-10-12-16-26-20-22-28(23-21-26)30(33)31(24-15-19-29(32)34-4-2)35-25-27-17-13-11-14-18-27/h11-14,16-18,20-23H,3-10,15,19,24-25H2,1-2H3/b16-12-. The summed E-state index contributed by atoms with van der Waals surface area (Å²) in [5.74, 6) is -0.479. The first-order valence-corrected chi connectivity index (χ1v) is 13.0. The molecule has 0 aliphatic carbocycles. The summed E-state index contributed by atoms with van der Waals surface area (Å²) in [5, 5.41) is 1.36. The van der Waals surface area contributed by atoms with Crippen molar-refractivity contribution in [2.24, 2.45) is 0 Å². The van der Waals surface area contributed by atoms with Crippen LogP contribution in [0, 0.1) is 0 Å². The molecular weight excluding hydrogens is 438 g/mol. The zero-order valence-corrected chi connectivity index (χ0v) is 21.4. The number of ether oxygens (including phenoxy) is 1. The van der Waals surface area contributed by atoms with Gasteiger partial charge in [0.2, 0.25) is 0 Å². The van der Waals surface area contributed by atoms with E-state index in [1.165, 1.54) is 43.6 Å². The van der Waals surface area contributed by atoms with Crippen LogP contribution in [0.5, 0.6) is 0 Å². The quantitative estimate of drug-likeness (QED) is 0.135. The van der Waals surface area contributed by atoms with Gasteiger partial charge in [-0.05, 0) is 49.4 Å². The SMILES string of the molecule is CCCCCCCC/C=C\c1ccc(C(=O)N(CCCC(=O)OCC)OCc2ccccc2)cc1. The average molecular weight is 480 g/mol. The first-order chi connectivity index (χ1) is 17.1. The third-order valence-electron chi connectivity index (χ3n) is 5.70. The summed E-state index contributed by atoms with van der Waals surface area (Å²) >= 11 is 0. The number of amides is 1. The lowest BCUT2D eigenvalue weighted by molar-refractivity contribution is -0.146. The van der Waals surface area contributed by atoms with E-state index >= 15 is 0 Å².